The second-order valence-electron chi connectivity index (χ2n) is 6.54. The first-order chi connectivity index (χ1) is 16.2. The first-order valence-corrected chi connectivity index (χ1v) is 10.9. The third kappa shape index (κ3) is 20.4. The SMILES string of the molecule is Nc1ccc(OCCOCCOCCOCCOCCOCCOCCOCC(=O)O)cc1. The van der Waals surface area contributed by atoms with Crippen LogP contribution in [0.25, 0.3) is 0 Å². The van der Waals surface area contributed by atoms with Gasteiger partial charge in [-0.05, 0) is 24.3 Å². The molecular formula is C22H37NO10. The molecule has 0 heterocycles. The molecule has 0 aliphatic rings. The van der Waals surface area contributed by atoms with Gasteiger partial charge in [-0.2, -0.15) is 0 Å². The predicted octanol–water partition coefficient (Wildman–Crippen LogP) is 0.848. The Morgan fingerprint density at radius 1 is 0.576 bits per heavy atom. The second kappa shape index (κ2) is 21.8. The van der Waals surface area contributed by atoms with E-state index in [0.29, 0.717) is 91.6 Å². The lowest BCUT2D eigenvalue weighted by atomic mass is 10.3. The Balaban J connectivity index is 1.67. The van der Waals surface area contributed by atoms with Gasteiger partial charge in [0.05, 0.1) is 85.9 Å². The van der Waals surface area contributed by atoms with E-state index < -0.39 is 5.97 Å². The number of carboxylic acid groups (broad SMARTS) is 1. The van der Waals surface area contributed by atoms with Gasteiger partial charge in [-0.25, -0.2) is 4.79 Å². The van der Waals surface area contributed by atoms with Gasteiger partial charge in [-0.3, -0.25) is 0 Å². The maximum Gasteiger partial charge on any atom is 0.329 e. The number of carboxylic acids is 1. The van der Waals surface area contributed by atoms with Crippen molar-refractivity contribution in [2.24, 2.45) is 0 Å². The number of anilines is 1. The second-order valence-corrected chi connectivity index (χ2v) is 6.54. The van der Waals surface area contributed by atoms with Crippen LogP contribution in [0.2, 0.25) is 0 Å². The Kier molecular flexibility index (Phi) is 19.2. The average molecular weight is 476 g/mol. The third-order valence-electron chi connectivity index (χ3n) is 3.83. The Morgan fingerprint density at radius 3 is 1.27 bits per heavy atom. The molecule has 11 heteroatoms. The van der Waals surface area contributed by atoms with E-state index >= 15 is 0 Å². The zero-order valence-electron chi connectivity index (χ0n) is 19.1. The van der Waals surface area contributed by atoms with E-state index in [0.717, 1.165) is 5.75 Å². The van der Waals surface area contributed by atoms with Gasteiger partial charge in [-0.1, -0.05) is 0 Å². The van der Waals surface area contributed by atoms with Crippen molar-refractivity contribution in [2.75, 3.05) is 105 Å². The molecule has 11 nitrogen and oxygen atoms in total. The highest BCUT2D eigenvalue weighted by Crippen LogP contribution is 2.12. The fraction of sp³-hybridized carbons (Fsp3) is 0.682. The number of hydrogen-bond acceptors (Lipinski definition) is 10. The lowest BCUT2D eigenvalue weighted by Crippen LogP contribution is -2.15. The average Bonchev–Trinajstić information content (AvgIpc) is 2.80. The number of ether oxygens (including phenoxy) is 8. The van der Waals surface area contributed by atoms with E-state index in [9.17, 15) is 4.79 Å². The van der Waals surface area contributed by atoms with Gasteiger partial charge in [0.25, 0.3) is 0 Å². The van der Waals surface area contributed by atoms with Crippen molar-refractivity contribution < 1.29 is 47.8 Å². The van der Waals surface area contributed by atoms with Crippen LogP contribution in [0.1, 0.15) is 0 Å². The summed E-state index contributed by atoms with van der Waals surface area (Å²) in [5.41, 5.74) is 6.32. The molecule has 0 bridgehead atoms. The van der Waals surface area contributed by atoms with Crippen LogP contribution in [0.4, 0.5) is 5.69 Å². The predicted molar refractivity (Wildman–Crippen MR) is 120 cm³/mol. The minimum absolute atomic E-state index is 0.246. The smallest absolute Gasteiger partial charge is 0.329 e. The Hall–Kier alpha value is -1.99. The number of nitrogen functional groups attached to an aromatic ring is 1. The van der Waals surface area contributed by atoms with Gasteiger partial charge in [0, 0.05) is 5.69 Å². The molecule has 1 rings (SSSR count). The summed E-state index contributed by atoms with van der Waals surface area (Å²) >= 11 is 0. The van der Waals surface area contributed by atoms with Crippen LogP contribution >= 0.6 is 0 Å². The molecule has 1 aromatic rings. The van der Waals surface area contributed by atoms with Crippen LogP contribution in [0.15, 0.2) is 24.3 Å². The molecule has 0 fully saturated rings. The molecule has 0 amide bonds. The van der Waals surface area contributed by atoms with Gasteiger partial charge in [-0.15, -0.1) is 0 Å². The fourth-order valence-electron chi connectivity index (χ4n) is 2.26. The van der Waals surface area contributed by atoms with Crippen molar-refractivity contribution in [2.45, 2.75) is 0 Å². The quantitative estimate of drug-likeness (QED) is 0.163. The molecule has 0 saturated carbocycles. The van der Waals surface area contributed by atoms with Gasteiger partial charge in [0.1, 0.15) is 19.0 Å². The van der Waals surface area contributed by atoms with Crippen molar-refractivity contribution in [1.29, 1.82) is 0 Å². The van der Waals surface area contributed by atoms with Crippen LogP contribution in [0.5, 0.6) is 5.75 Å². The first kappa shape index (κ1) is 29.0. The maximum atomic E-state index is 10.2. The highest BCUT2D eigenvalue weighted by Gasteiger charge is 1.97. The molecule has 3 N–H and O–H groups in total. The number of aliphatic carboxylic acids is 1. The molecule has 0 unspecified atom stereocenters. The molecule has 190 valence electrons. The maximum absolute atomic E-state index is 10.2. The number of rotatable bonds is 24. The van der Waals surface area contributed by atoms with Crippen LogP contribution in [-0.4, -0.2) is 110 Å². The van der Waals surface area contributed by atoms with Gasteiger partial charge >= 0.3 is 5.97 Å². The molecule has 1 aromatic carbocycles. The Morgan fingerprint density at radius 2 is 0.909 bits per heavy atom. The summed E-state index contributed by atoms with van der Waals surface area (Å²) < 4.78 is 42.6. The van der Waals surface area contributed by atoms with Crippen LogP contribution in [-0.2, 0) is 38.0 Å². The summed E-state index contributed by atoms with van der Waals surface area (Å²) in [5, 5.41) is 8.39. The minimum atomic E-state index is -0.993. The van der Waals surface area contributed by atoms with E-state index in [1.807, 2.05) is 12.1 Å². The largest absolute Gasteiger partial charge is 0.491 e. The van der Waals surface area contributed by atoms with Crippen molar-refractivity contribution >= 4 is 11.7 Å². The highest BCUT2D eigenvalue weighted by atomic mass is 16.6. The third-order valence-corrected chi connectivity index (χ3v) is 3.83. The Labute approximate surface area is 194 Å². The van der Waals surface area contributed by atoms with Crippen molar-refractivity contribution in [3.63, 3.8) is 0 Å². The lowest BCUT2D eigenvalue weighted by molar-refractivity contribution is -0.142. The fourth-order valence-corrected chi connectivity index (χ4v) is 2.26. The highest BCUT2D eigenvalue weighted by molar-refractivity contribution is 5.67. The molecule has 0 spiro atoms. The summed E-state index contributed by atoms with van der Waals surface area (Å²) in [4.78, 5) is 10.2. The molecule has 0 aromatic heterocycles. The molecule has 33 heavy (non-hydrogen) atoms. The Bertz CT molecular complexity index is 573. The zero-order valence-corrected chi connectivity index (χ0v) is 19.1. The van der Waals surface area contributed by atoms with Crippen molar-refractivity contribution in [1.82, 2.24) is 0 Å². The van der Waals surface area contributed by atoms with Crippen LogP contribution in [0, 0.1) is 0 Å². The zero-order chi connectivity index (χ0) is 23.8. The summed E-state index contributed by atoms with van der Waals surface area (Å²) in [6, 6.07) is 7.23. The molecule has 0 radical (unpaired) electrons. The van der Waals surface area contributed by atoms with E-state index in [-0.39, 0.29) is 13.2 Å². The number of hydrogen-bond donors (Lipinski definition) is 2. The lowest BCUT2D eigenvalue weighted by Gasteiger charge is -2.09. The number of benzene rings is 1. The van der Waals surface area contributed by atoms with Gasteiger partial charge < -0.3 is 48.7 Å². The van der Waals surface area contributed by atoms with E-state index in [2.05, 4.69) is 0 Å². The summed E-state index contributed by atoms with van der Waals surface area (Å²) in [5.74, 6) is -0.228. The normalized spacial score (nSPS) is 11.0. The number of carbonyl (C=O) groups is 1. The minimum Gasteiger partial charge on any atom is -0.491 e. The molecule has 0 atom stereocenters. The molecule has 0 aliphatic carbocycles. The first-order valence-electron chi connectivity index (χ1n) is 10.9. The molecule has 0 saturated heterocycles. The topological polar surface area (TPSA) is 137 Å². The monoisotopic (exact) mass is 475 g/mol. The van der Waals surface area contributed by atoms with Crippen molar-refractivity contribution in [3.8, 4) is 5.75 Å². The number of nitrogens with two attached hydrogens (primary N) is 1. The standard InChI is InChI=1S/C22H37NO10/c23-20-1-3-21(4-2-20)33-18-17-31-14-13-29-10-9-27-6-5-26-7-8-28-11-12-30-15-16-32-19-22(24)25/h1-4H,5-19,23H2,(H,24,25). The summed E-state index contributed by atoms with van der Waals surface area (Å²) in [6.07, 6.45) is 0. The van der Waals surface area contributed by atoms with Gasteiger partial charge in [0.15, 0.2) is 0 Å². The molecule has 0 aliphatic heterocycles. The van der Waals surface area contributed by atoms with Crippen LogP contribution < -0.4 is 10.5 Å². The summed E-state index contributed by atoms with van der Waals surface area (Å²) in [7, 11) is 0. The van der Waals surface area contributed by atoms with E-state index in [4.69, 9.17) is 48.7 Å². The summed E-state index contributed by atoms with van der Waals surface area (Å²) in [6.45, 7) is 5.98. The van der Waals surface area contributed by atoms with Crippen LogP contribution in [0.3, 0.4) is 0 Å². The molecular weight excluding hydrogens is 438 g/mol. The van der Waals surface area contributed by atoms with E-state index in [1.165, 1.54) is 0 Å². The van der Waals surface area contributed by atoms with E-state index in [1.54, 1.807) is 12.1 Å². The van der Waals surface area contributed by atoms with Gasteiger partial charge in [0.2, 0.25) is 0 Å². The van der Waals surface area contributed by atoms with Crippen molar-refractivity contribution in [3.05, 3.63) is 24.3 Å².